The van der Waals surface area contributed by atoms with E-state index >= 15 is 0 Å². The molecular weight excluding hydrogens is 352 g/mol. The molecule has 28 heavy (non-hydrogen) atoms. The van der Waals surface area contributed by atoms with E-state index in [4.69, 9.17) is 4.42 Å². The van der Waals surface area contributed by atoms with Crippen molar-refractivity contribution < 1.29 is 14.0 Å². The first kappa shape index (κ1) is 19.7. The monoisotopic (exact) mass is 378 g/mol. The average Bonchev–Trinajstić information content (AvgIpc) is 3.02. The third kappa shape index (κ3) is 4.42. The molecule has 0 bridgehead atoms. The van der Waals surface area contributed by atoms with Crippen LogP contribution in [0.25, 0.3) is 11.0 Å². The molecule has 2 aromatic carbocycles. The van der Waals surface area contributed by atoms with E-state index in [0.29, 0.717) is 23.7 Å². The number of para-hydroxylation sites is 1. The second-order valence-electron chi connectivity index (χ2n) is 7.57. The number of carbonyl (C=O) groups is 2. The summed E-state index contributed by atoms with van der Waals surface area (Å²) in [5.41, 5.74) is 4.88. The third-order valence-corrected chi connectivity index (χ3v) is 4.74. The van der Waals surface area contributed by atoms with Gasteiger partial charge in [-0.05, 0) is 55.2 Å². The molecule has 3 aromatic rings. The van der Waals surface area contributed by atoms with Gasteiger partial charge in [0.1, 0.15) is 5.58 Å². The minimum absolute atomic E-state index is 0.178. The number of furan rings is 1. The molecule has 0 fully saturated rings. The zero-order chi connectivity index (χ0) is 20.3. The minimum atomic E-state index is -0.190. The highest BCUT2D eigenvalue weighted by Gasteiger charge is 2.15. The predicted molar refractivity (Wildman–Crippen MR) is 112 cm³/mol. The van der Waals surface area contributed by atoms with Gasteiger partial charge in [-0.3, -0.25) is 9.59 Å². The lowest BCUT2D eigenvalue weighted by Gasteiger charge is -2.12. The molecule has 2 amide bonds. The molecule has 1 aromatic heterocycles. The first-order chi connectivity index (χ1) is 13.3. The Kier molecular flexibility index (Phi) is 5.83. The second-order valence-corrected chi connectivity index (χ2v) is 7.57. The first-order valence-corrected chi connectivity index (χ1v) is 9.49. The summed E-state index contributed by atoms with van der Waals surface area (Å²) in [5.74, 6) is -0.0262. The van der Waals surface area contributed by atoms with Gasteiger partial charge in [0.05, 0.1) is 23.9 Å². The van der Waals surface area contributed by atoms with Gasteiger partial charge >= 0.3 is 0 Å². The normalized spacial score (nSPS) is 11.0. The van der Waals surface area contributed by atoms with Gasteiger partial charge in [-0.1, -0.05) is 26.0 Å². The Morgan fingerprint density at radius 2 is 1.79 bits per heavy atom. The number of amides is 2. The lowest BCUT2D eigenvalue weighted by molar-refractivity contribution is -0.115. The van der Waals surface area contributed by atoms with Crippen LogP contribution in [0, 0.1) is 19.8 Å². The van der Waals surface area contributed by atoms with E-state index < -0.39 is 0 Å². The molecule has 2 N–H and O–H groups in total. The molecule has 0 saturated carbocycles. The van der Waals surface area contributed by atoms with Gasteiger partial charge in [0.2, 0.25) is 5.91 Å². The van der Waals surface area contributed by atoms with Crippen molar-refractivity contribution in [1.29, 1.82) is 0 Å². The van der Waals surface area contributed by atoms with Crippen LogP contribution < -0.4 is 10.6 Å². The predicted octanol–water partition coefficient (Wildman–Crippen LogP) is 4.62. The molecule has 0 saturated heterocycles. The van der Waals surface area contributed by atoms with Crippen LogP contribution in [0.5, 0.6) is 0 Å². The van der Waals surface area contributed by atoms with Gasteiger partial charge < -0.3 is 15.1 Å². The van der Waals surface area contributed by atoms with Gasteiger partial charge in [0, 0.05) is 17.5 Å². The summed E-state index contributed by atoms with van der Waals surface area (Å²) in [5, 5.41) is 6.70. The standard InChI is InChI=1S/C23H26N2O3/c1-14(2)12-24-23(27)18-7-5-6-8-20(18)25-22(26)11-17-13-28-21-10-16(4)15(3)9-19(17)21/h5-10,13-14H,11-12H2,1-4H3,(H,24,27)(H,25,26). The van der Waals surface area contributed by atoms with Crippen molar-refractivity contribution in [3.8, 4) is 0 Å². The number of carbonyl (C=O) groups excluding carboxylic acids is 2. The molecule has 0 aliphatic rings. The van der Waals surface area contributed by atoms with Gasteiger partial charge in [-0.15, -0.1) is 0 Å². The molecule has 0 aliphatic carbocycles. The van der Waals surface area contributed by atoms with Crippen molar-refractivity contribution in [1.82, 2.24) is 5.32 Å². The first-order valence-electron chi connectivity index (χ1n) is 9.49. The summed E-state index contributed by atoms with van der Waals surface area (Å²) >= 11 is 0. The van der Waals surface area contributed by atoms with Crippen molar-refractivity contribution in [3.63, 3.8) is 0 Å². The third-order valence-electron chi connectivity index (χ3n) is 4.74. The fraction of sp³-hybridized carbons (Fsp3) is 0.304. The van der Waals surface area contributed by atoms with Crippen LogP contribution in [0.15, 0.2) is 47.1 Å². The van der Waals surface area contributed by atoms with Gasteiger partial charge in [0.15, 0.2) is 0 Å². The Morgan fingerprint density at radius 3 is 2.54 bits per heavy atom. The fourth-order valence-corrected chi connectivity index (χ4v) is 3.02. The maximum absolute atomic E-state index is 12.6. The van der Waals surface area contributed by atoms with E-state index in [1.54, 1.807) is 30.5 Å². The number of hydrogen-bond acceptors (Lipinski definition) is 3. The number of nitrogens with one attached hydrogen (secondary N) is 2. The van der Waals surface area contributed by atoms with Crippen LogP contribution in [0.3, 0.4) is 0 Å². The Hall–Kier alpha value is -3.08. The molecule has 0 radical (unpaired) electrons. The van der Waals surface area contributed by atoms with Crippen LogP contribution in [0.2, 0.25) is 0 Å². The summed E-state index contributed by atoms with van der Waals surface area (Å²) in [6.45, 7) is 8.72. The summed E-state index contributed by atoms with van der Waals surface area (Å²) in [6, 6.07) is 11.1. The van der Waals surface area contributed by atoms with E-state index in [1.807, 2.05) is 39.8 Å². The van der Waals surface area contributed by atoms with Crippen LogP contribution in [-0.4, -0.2) is 18.4 Å². The quantitative estimate of drug-likeness (QED) is 0.658. The number of anilines is 1. The number of aryl methyl sites for hydroxylation is 2. The van der Waals surface area contributed by atoms with E-state index in [1.165, 1.54) is 0 Å². The summed E-state index contributed by atoms with van der Waals surface area (Å²) in [4.78, 5) is 25.1. The molecule has 5 nitrogen and oxygen atoms in total. The smallest absolute Gasteiger partial charge is 0.253 e. The van der Waals surface area contributed by atoms with Crippen molar-refractivity contribution in [2.45, 2.75) is 34.1 Å². The highest BCUT2D eigenvalue weighted by Crippen LogP contribution is 2.25. The molecule has 0 aliphatic heterocycles. The Bertz CT molecular complexity index is 1020. The summed E-state index contributed by atoms with van der Waals surface area (Å²) in [7, 11) is 0. The maximum Gasteiger partial charge on any atom is 0.253 e. The highest BCUT2D eigenvalue weighted by atomic mass is 16.3. The fourth-order valence-electron chi connectivity index (χ4n) is 3.02. The highest BCUT2D eigenvalue weighted by molar-refractivity contribution is 6.04. The van der Waals surface area contributed by atoms with Crippen LogP contribution in [0.4, 0.5) is 5.69 Å². The van der Waals surface area contributed by atoms with Gasteiger partial charge in [-0.2, -0.15) is 0 Å². The van der Waals surface area contributed by atoms with Crippen LogP contribution in [0.1, 0.15) is 40.9 Å². The number of fused-ring (bicyclic) bond motifs is 1. The van der Waals surface area contributed by atoms with Crippen LogP contribution in [-0.2, 0) is 11.2 Å². The molecule has 1 heterocycles. The Morgan fingerprint density at radius 1 is 1.07 bits per heavy atom. The minimum Gasteiger partial charge on any atom is -0.464 e. The molecule has 0 atom stereocenters. The Balaban J connectivity index is 1.76. The van der Waals surface area contributed by atoms with E-state index in [2.05, 4.69) is 10.6 Å². The lowest BCUT2D eigenvalue weighted by atomic mass is 10.0. The molecule has 146 valence electrons. The van der Waals surface area contributed by atoms with E-state index in [-0.39, 0.29) is 18.2 Å². The Labute approximate surface area is 165 Å². The van der Waals surface area contributed by atoms with Crippen molar-refractivity contribution in [2.24, 2.45) is 5.92 Å². The van der Waals surface area contributed by atoms with Crippen molar-refractivity contribution in [2.75, 3.05) is 11.9 Å². The molecular formula is C23H26N2O3. The number of hydrogen-bond donors (Lipinski definition) is 2. The lowest BCUT2D eigenvalue weighted by Crippen LogP contribution is -2.28. The molecule has 0 spiro atoms. The van der Waals surface area contributed by atoms with E-state index in [9.17, 15) is 9.59 Å². The molecule has 3 rings (SSSR count). The molecule has 0 unspecified atom stereocenters. The second kappa shape index (κ2) is 8.30. The van der Waals surface area contributed by atoms with Crippen LogP contribution >= 0.6 is 0 Å². The van der Waals surface area contributed by atoms with E-state index in [0.717, 1.165) is 27.7 Å². The SMILES string of the molecule is Cc1cc2occ(CC(=O)Nc3ccccc3C(=O)NCC(C)C)c2cc1C. The average molecular weight is 378 g/mol. The zero-order valence-electron chi connectivity index (χ0n) is 16.8. The van der Waals surface area contributed by atoms with Gasteiger partial charge in [-0.25, -0.2) is 0 Å². The largest absolute Gasteiger partial charge is 0.464 e. The zero-order valence-corrected chi connectivity index (χ0v) is 16.8. The topological polar surface area (TPSA) is 71.3 Å². The maximum atomic E-state index is 12.6. The molecule has 5 heteroatoms. The number of rotatable bonds is 6. The van der Waals surface area contributed by atoms with Crippen molar-refractivity contribution in [3.05, 3.63) is 64.9 Å². The number of benzene rings is 2. The summed E-state index contributed by atoms with van der Waals surface area (Å²) in [6.07, 6.45) is 1.81. The van der Waals surface area contributed by atoms with Gasteiger partial charge in [0.25, 0.3) is 5.91 Å². The van der Waals surface area contributed by atoms with Crippen molar-refractivity contribution >= 4 is 28.5 Å². The summed E-state index contributed by atoms with van der Waals surface area (Å²) < 4.78 is 5.61.